The summed E-state index contributed by atoms with van der Waals surface area (Å²) in [6, 6.07) is 0.0150. The number of carbonyl (C=O) groups excluding carboxylic acids is 1. The van der Waals surface area contributed by atoms with Gasteiger partial charge in [0, 0.05) is 32.6 Å². The fraction of sp³-hybridized carbons (Fsp3) is 0.917. The molecule has 94 valence electrons. The van der Waals surface area contributed by atoms with E-state index in [9.17, 15) is 4.79 Å². The van der Waals surface area contributed by atoms with Gasteiger partial charge in [0.2, 0.25) is 5.91 Å². The number of nitrogens with zero attached hydrogens (tertiary/aromatic N) is 2. The van der Waals surface area contributed by atoms with Gasteiger partial charge in [-0.2, -0.15) is 0 Å². The molecule has 4 heteroatoms. The van der Waals surface area contributed by atoms with Crippen molar-refractivity contribution < 1.29 is 4.79 Å². The Labute approximate surface area is 98.8 Å². The third-order valence-electron chi connectivity index (χ3n) is 3.41. The maximum absolute atomic E-state index is 11.8. The summed E-state index contributed by atoms with van der Waals surface area (Å²) in [7, 11) is 4.03. The molecule has 0 aromatic heterocycles. The van der Waals surface area contributed by atoms with Gasteiger partial charge in [-0.25, -0.2) is 0 Å². The lowest BCUT2D eigenvalue weighted by atomic mass is 10.1. The summed E-state index contributed by atoms with van der Waals surface area (Å²) in [5.74, 6) is 0.820. The van der Waals surface area contributed by atoms with Gasteiger partial charge < -0.3 is 15.5 Å². The SMILES string of the molecule is CCC(N)CC(=O)N(C)CC1CCN(C)C1. The molecule has 1 fully saturated rings. The monoisotopic (exact) mass is 227 g/mol. The molecular weight excluding hydrogens is 202 g/mol. The van der Waals surface area contributed by atoms with Crippen LogP contribution in [0.2, 0.25) is 0 Å². The number of amides is 1. The van der Waals surface area contributed by atoms with Gasteiger partial charge >= 0.3 is 0 Å². The lowest BCUT2D eigenvalue weighted by Crippen LogP contribution is -2.36. The molecule has 0 saturated carbocycles. The Hall–Kier alpha value is -0.610. The summed E-state index contributed by atoms with van der Waals surface area (Å²) in [6.45, 7) is 5.15. The zero-order valence-electron chi connectivity index (χ0n) is 10.8. The molecule has 0 aromatic rings. The first kappa shape index (κ1) is 13.5. The van der Waals surface area contributed by atoms with Crippen LogP contribution < -0.4 is 5.73 Å². The average molecular weight is 227 g/mol. The lowest BCUT2D eigenvalue weighted by Gasteiger charge is -2.22. The molecule has 4 nitrogen and oxygen atoms in total. The fourth-order valence-corrected chi connectivity index (χ4v) is 2.19. The van der Waals surface area contributed by atoms with Crippen LogP contribution in [0, 0.1) is 5.92 Å². The molecule has 0 radical (unpaired) electrons. The van der Waals surface area contributed by atoms with Crippen LogP contribution in [-0.4, -0.2) is 55.5 Å². The highest BCUT2D eigenvalue weighted by atomic mass is 16.2. The van der Waals surface area contributed by atoms with Gasteiger partial charge in [-0.1, -0.05) is 6.92 Å². The molecule has 1 saturated heterocycles. The van der Waals surface area contributed by atoms with Crippen molar-refractivity contribution in [2.45, 2.75) is 32.2 Å². The van der Waals surface area contributed by atoms with E-state index in [0.717, 1.165) is 26.1 Å². The zero-order chi connectivity index (χ0) is 12.1. The molecule has 0 bridgehead atoms. The maximum atomic E-state index is 11.8. The number of carbonyl (C=O) groups is 1. The van der Waals surface area contributed by atoms with Crippen LogP contribution in [-0.2, 0) is 4.79 Å². The van der Waals surface area contributed by atoms with Crippen molar-refractivity contribution in [3.05, 3.63) is 0 Å². The number of hydrogen-bond acceptors (Lipinski definition) is 3. The second-order valence-corrected chi connectivity index (χ2v) is 5.06. The minimum absolute atomic E-state index is 0.0150. The smallest absolute Gasteiger partial charge is 0.223 e. The second-order valence-electron chi connectivity index (χ2n) is 5.06. The van der Waals surface area contributed by atoms with Crippen LogP contribution in [0.3, 0.4) is 0 Å². The number of rotatable bonds is 5. The van der Waals surface area contributed by atoms with Crippen LogP contribution in [0.25, 0.3) is 0 Å². The highest BCUT2D eigenvalue weighted by molar-refractivity contribution is 5.76. The maximum Gasteiger partial charge on any atom is 0.223 e. The third kappa shape index (κ3) is 4.10. The van der Waals surface area contributed by atoms with Crippen molar-refractivity contribution in [1.82, 2.24) is 9.80 Å². The first-order valence-electron chi connectivity index (χ1n) is 6.21. The predicted octanol–water partition coefficient (Wildman–Crippen LogP) is 0.524. The standard InChI is InChI=1S/C12H25N3O/c1-4-11(13)7-12(16)15(3)9-10-5-6-14(2)8-10/h10-11H,4-9,13H2,1-3H3. The Morgan fingerprint density at radius 1 is 1.62 bits per heavy atom. The summed E-state index contributed by atoms with van der Waals surface area (Å²) in [5, 5.41) is 0. The average Bonchev–Trinajstić information content (AvgIpc) is 2.63. The molecule has 1 amide bonds. The second kappa shape index (κ2) is 6.21. The molecule has 2 unspecified atom stereocenters. The minimum Gasteiger partial charge on any atom is -0.345 e. The van der Waals surface area contributed by atoms with E-state index in [1.54, 1.807) is 0 Å². The summed E-state index contributed by atoms with van der Waals surface area (Å²) in [4.78, 5) is 16.0. The molecule has 0 aromatic carbocycles. The number of nitrogens with two attached hydrogens (primary N) is 1. The Morgan fingerprint density at radius 2 is 2.31 bits per heavy atom. The van der Waals surface area contributed by atoms with Crippen molar-refractivity contribution in [2.24, 2.45) is 11.7 Å². The first-order valence-corrected chi connectivity index (χ1v) is 6.21. The van der Waals surface area contributed by atoms with E-state index < -0.39 is 0 Å². The van der Waals surface area contributed by atoms with Crippen molar-refractivity contribution in [3.63, 3.8) is 0 Å². The van der Waals surface area contributed by atoms with E-state index in [1.807, 2.05) is 18.9 Å². The molecular formula is C12H25N3O. The van der Waals surface area contributed by atoms with Gasteiger partial charge in [-0.15, -0.1) is 0 Å². The quantitative estimate of drug-likeness (QED) is 0.745. The Bertz CT molecular complexity index is 232. The number of hydrogen-bond donors (Lipinski definition) is 1. The van der Waals surface area contributed by atoms with E-state index in [2.05, 4.69) is 11.9 Å². The molecule has 0 spiro atoms. The van der Waals surface area contributed by atoms with Crippen LogP contribution in [0.1, 0.15) is 26.2 Å². The Kier molecular flexibility index (Phi) is 5.22. The van der Waals surface area contributed by atoms with E-state index in [0.29, 0.717) is 12.3 Å². The highest BCUT2D eigenvalue weighted by Gasteiger charge is 2.22. The number of likely N-dealkylation sites (tertiary alicyclic amines) is 1. The van der Waals surface area contributed by atoms with E-state index >= 15 is 0 Å². The molecule has 1 aliphatic heterocycles. The minimum atomic E-state index is 0.0150. The van der Waals surface area contributed by atoms with Gasteiger partial charge in [0.15, 0.2) is 0 Å². The molecule has 1 heterocycles. The van der Waals surface area contributed by atoms with Crippen LogP contribution in [0.5, 0.6) is 0 Å². The molecule has 2 N–H and O–H groups in total. The van der Waals surface area contributed by atoms with Crippen molar-refractivity contribution in [3.8, 4) is 0 Å². The van der Waals surface area contributed by atoms with E-state index in [4.69, 9.17) is 5.73 Å². The highest BCUT2D eigenvalue weighted by Crippen LogP contribution is 2.15. The van der Waals surface area contributed by atoms with E-state index in [1.165, 1.54) is 6.42 Å². The normalized spacial score (nSPS) is 23.4. The van der Waals surface area contributed by atoms with Crippen molar-refractivity contribution >= 4 is 5.91 Å². The summed E-state index contributed by atoms with van der Waals surface area (Å²) >= 11 is 0. The van der Waals surface area contributed by atoms with Gasteiger partial charge in [-0.3, -0.25) is 4.79 Å². The van der Waals surface area contributed by atoms with Gasteiger partial charge in [0.25, 0.3) is 0 Å². The van der Waals surface area contributed by atoms with Crippen LogP contribution in [0.4, 0.5) is 0 Å². The van der Waals surface area contributed by atoms with Crippen LogP contribution in [0.15, 0.2) is 0 Å². The van der Waals surface area contributed by atoms with Crippen molar-refractivity contribution in [2.75, 3.05) is 33.7 Å². The molecule has 16 heavy (non-hydrogen) atoms. The fourth-order valence-electron chi connectivity index (χ4n) is 2.19. The molecule has 2 atom stereocenters. The van der Waals surface area contributed by atoms with Gasteiger partial charge in [-0.05, 0) is 32.4 Å². The summed E-state index contributed by atoms with van der Waals surface area (Å²) in [5.41, 5.74) is 5.79. The largest absolute Gasteiger partial charge is 0.345 e. The molecule has 0 aliphatic carbocycles. The Balaban J connectivity index is 2.28. The lowest BCUT2D eigenvalue weighted by molar-refractivity contribution is -0.130. The van der Waals surface area contributed by atoms with Crippen LogP contribution >= 0.6 is 0 Å². The third-order valence-corrected chi connectivity index (χ3v) is 3.41. The summed E-state index contributed by atoms with van der Waals surface area (Å²) in [6.07, 6.45) is 2.55. The van der Waals surface area contributed by atoms with Gasteiger partial charge in [0.1, 0.15) is 0 Å². The van der Waals surface area contributed by atoms with Crippen molar-refractivity contribution in [1.29, 1.82) is 0 Å². The Morgan fingerprint density at radius 3 is 2.81 bits per heavy atom. The summed E-state index contributed by atoms with van der Waals surface area (Å²) < 4.78 is 0. The van der Waals surface area contributed by atoms with Gasteiger partial charge in [0.05, 0.1) is 0 Å². The first-order chi connectivity index (χ1) is 7.52. The predicted molar refractivity (Wildman–Crippen MR) is 66.1 cm³/mol. The zero-order valence-corrected chi connectivity index (χ0v) is 10.8. The molecule has 1 aliphatic rings. The topological polar surface area (TPSA) is 49.6 Å². The van der Waals surface area contributed by atoms with E-state index in [-0.39, 0.29) is 11.9 Å². The molecule has 1 rings (SSSR count).